The first kappa shape index (κ1) is 13.8. The number of hydrogen-bond donors (Lipinski definition) is 1. The molecule has 19 heavy (non-hydrogen) atoms. The predicted molar refractivity (Wildman–Crippen MR) is 74.4 cm³/mol. The van der Waals surface area contributed by atoms with Gasteiger partial charge in [-0.15, -0.1) is 0 Å². The largest absolute Gasteiger partial charge is 0.359 e. The predicted octanol–water partition coefficient (Wildman–Crippen LogP) is 3.03. The summed E-state index contributed by atoms with van der Waals surface area (Å²) in [5.74, 6) is 0.554. The van der Waals surface area contributed by atoms with Gasteiger partial charge in [-0.25, -0.2) is 4.68 Å². The van der Waals surface area contributed by atoms with Crippen LogP contribution < -0.4 is 5.32 Å². The van der Waals surface area contributed by atoms with Crippen LogP contribution in [0.3, 0.4) is 0 Å². The van der Waals surface area contributed by atoms with Crippen molar-refractivity contribution in [2.45, 2.75) is 57.9 Å². The van der Waals surface area contributed by atoms with E-state index in [2.05, 4.69) is 17.3 Å². The fraction of sp³-hybridized carbons (Fsp3) is 0.769. The summed E-state index contributed by atoms with van der Waals surface area (Å²) in [5.41, 5.74) is 0.693. The van der Waals surface area contributed by atoms with Crippen molar-refractivity contribution < 1.29 is 4.92 Å². The molecule has 2 rings (SSSR count). The Kier molecular flexibility index (Phi) is 3.78. The molecule has 0 bridgehead atoms. The monoisotopic (exact) mass is 266 g/mol. The van der Waals surface area contributed by atoms with Crippen LogP contribution >= 0.6 is 0 Å². The highest BCUT2D eigenvalue weighted by Crippen LogP contribution is 2.37. The highest BCUT2D eigenvalue weighted by atomic mass is 16.6. The minimum Gasteiger partial charge on any atom is -0.359 e. The molecule has 0 saturated heterocycles. The first-order valence-electron chi connectivity index (χ1n) is 6.95. The molecule has 6 heteroatoms. The van der Waals surface area contributed by atoms with Gasteiger partial charge in [-0.1, -0.05) is 26.2 Å². The highest BCUT2D eigenvalue weighted by molar-refractivity contribution is 5.61. The molecule has 1 aromatic rings. The highest BCUT2D eigenvalue weighted by Gasteiger charge is 2.34. The third kappa shape index (κ3) is 2.72. The molecular weight excluding hydrogens is 244 g/mol. The van der Waals surface area contributed by atoms with Gasteiger partial charge in [-0.3, -0.25) is 10.1 Å². The third-order valence-corrected chi connectivity index (χ3v) is 3.89. The topological polar surface area (TPSA) is 73.0 Å². The van der Waals surface area contributed by atoms with Crippen LogP contribution in [0.25, 0.3) is 0 Å². The van der Waals surface area contributed by atoms with Crippen molar-refractivity contribution in [2.24, 2.45) is 7.05 Å². The van der Waals surface area contributed by atoms with Crippen molar-refractivity contribution >= 4 is 11.5 Å². The molecule has 1 aliphatic carbocycles. The molecule has 0 atom stereocenters. The fourth-order valence-corrected chi connectivity index (χ4v) is 2.87. The molecule has 0 aliphatic heterocycles. The summed E-state index contributed by atoms with van der Waals surface area (Å²) in [6.45, 7) is 4.14. The van der Waals surface area contributed by atoms with Gasteiger partial charge in [-0.2, -0.15) is 5.10 Å². The van der Waals surface area contributed by atoms with Gasteiger partial charge in [0.25, 0.3) is 0 Å². The zero-order valence-electron chi connectivity index (χ0n) is 11.9. The summed E-state index contributed by atoms with van der Waals surface area (Å²) in [6, 6.07) is 0. The Labute approximate surface area is 113 Å². The van der Waals surface area contributed by atoms with Crippen LogP contribution in [0, 0.1) is 10.1 Å². The number of hydrogen-bond acceptors (Lipinski definition) is 4. The van der Waals surface area contributed by atoms with E-state index in [1.807, 2.05) is 6.92 Å². The number of aryl methyl sites for hydroxylation is 2. The molecule has 0 spiro atoms. The zero-order valence-corrected chi connectivity index (χ0v) is 11.9. The van der Waals surface area contributed by atoms with Gasteiger partial charge in [0.15, 0.2) is 0 Å². The number of nitrogens with one attached hydrogen (secondary N) is 1. The van der Waals surface area contributed by atoms with Gasteiger partial charge in [0, 0.05) is 12.6 Å². The summed E-state index contributed by atoms with van der Waals surface area (Å²) < 4.78 is 1.62. The molecule has 1 N–H and O–H groups in total. The van der Waals surface area contributed by atoms with E-state index < -0.39 is 0 Å². The van der Waals surface area contributed by atoms with Crippen molar-refractivity contribution in [1.29, 1.82) is 0 Å². The number of nitro groups is 1. The van der Waals surface area contributed by atoms with E-state index >= 15 is 0 Å². The normalized spacial score (nSPS) is 17.6. The lowest BCUT2D eigenvalue weighted by atomic mass is 10.0. The summed E-state index contributed by atoms with van der Waals surface area (Å²) in [5, 5.41) is 19.0. The van der Waals surface area contributed by atoms with Crippen LogP contribution in [-0.4, -0.2) is 20.2 Å². The summed E-state index contributed by atoms with van der Waals surface area (Å²) in [6.07, 6.45) is 5.96. The van der Waals surface area contributed by atoms with Gasteiger partial charge in [0.05, 0.1) is 4.92 Å². The molecule has 0 aromatic carbocycles. The van der Waals surface area contributed by atoms with E-state index in [1.54, 1.807) is 11.7 Å². The van der Waals surface area contributed by atoms with Crippen LogP contribution in [0.4, 0.5) is 11.5 Å². The smallest absolute Gasteiger partial charge is 0.334 e. The van der Waals surface area contributed by atoms with Crippen molar-refractivity contribution in [3.63, 3.8) is 0 Å². The lowest BCUT2D eigenvalue weighted by Gasteiger charge is -2.25. The molecule has 0 radical (unpaired) electrons. The maximum atomic E-state index is 11.3. The Balaban J connectivity index is 2.35. The van der Waals surface area contributed by atoms with Gasteiger partial charge >= 0.3 is 5.69 Å². The minimum absolute atomic E-state index is 0.0396. The molecule has 1 fully saturated rings. The Morgan fingerprint density at radius 3 is 2.63 bits per heavy atom. The van der Waals surface area contributed by atoms with Crippen molar-refractivity contribution in [3.8, 4) is 0 Å². The van der Waals surface area contributed by atoms with Crippen LogP contribution in [0.2, 0.25) is 0 Å². The second kappa shape index (κ2) is 5.19. The van der Waals surface area contributed by atoms with E-state index in [0.29, 0.717) is 17.9 Å². The maximum absolute atomic E-state index is 11.3. The second-order valence-corrected chi connectivity index (χ2v) is 5.67. The van der Waals surface area contributed by atoms with E-state index in [-0.39, 0.29) is 16.1 Å². The summed E-state index contributed by atoms with van der Waals surface area (Å²) >= 11 is 0. The first-order valence-corrected chi connectivity index (χ1v) is 6.95. The molecule has 1 heterocycles. The van der Waals surface area contributed by atoms with E-state index in [1.165, 1.54) is 12.8 Å². The van der Waals surface area contributed by atoms with E-state index in [4.69, 9.17) is 0 Å². The molecule has 1 aromatic heterocycles. The Morgan fingerprint density at radius 1 is 1.47 bits per heavy atom. The minimum atomic E-state index is -0.307. The van der Waals surface area contributed by atoms with Crippen LogP contribution in [0.15, 0.2) is 0 Å². The van der Waals surface area contributed by atoms with Crippen molar-refractivity contribution in [1.82, 2.24) is 9.78 Å². The van der Waals surface area contributed by atoms with Crippen LogP contribution in [-0.2, 0) is 13.5 Å². The summed E-state index contributed by atoms with van der Waals surface area (Å²) in [7, 11) is 1.77. The second-order valence-electron chi connectivity index (χ2n) is 5.67. The molecule has 1 saturated carbocycles. The number of rotatable bonds is 5. The van der Waals surface area contributed by atoms with Crippen LogP contribution in [0.1, 0.15) is 51.6 Å². The Bertz CT molecular complexity index is 475. The number of aromatic nitrogens is 2. The van der Waals surface area contributed by atoms with E-state index in [0.717, 1.165) is 19.3 Å². The van der Waals surface area contributed by atoms with Crippen LogP contribution in [0.5, 0.6) is 0 Å². The quantitative estimate of drug-likeness (QED) is 0.656. The van der Waals surface area contributed by atoms with Crippen molar-refractivity contribution in [2.75, 3.05) is 5.32 Å². The van der Waals surface area contributed by atoms with Gasteiger partial charge in [0.2, 0.25) is 5.82 Å². The first-order chi connectivity index (χ1) is 8.97. The lowest BCUT2D eigenvalue weighted by molar-refractivity contribution is -0.384. The van der Waals surface area contributed by atoms with Gasteiger partial charge in [-0.05, 0) is 26.2 Å². The SMILES string of the molecule is CCCc1nn(C)c(NC2(C)CCCC2)c1[N+](=O)[O-]. The number of nitrogens with zero attached hydrogens (tertiary/aromatic N) is 3. The number of anilines is 1. The lowest BCUT2D eigenvalue weighted by Crippen LogP contribution is -2.32. The van der Waals surface area contributed by atoms with Gasteiger partial charge in [0.1, 0.15) is 5.69 Å². The average molecular weight is 266 g/mol. The standard InChI is InChI=1S/C13H22N4O2/c1-4-7-10-11(17(18)19)12(16(3)15-10)14-13(2)8-5-6-9-13/h14H,4-9H2,1-3H3. The fourth-order valence-electron chi connectivity index (χ4n) is 2.87. The van der Waals surface area contributed by atoms with E-state index in [9.17, 15) is 10.1 Å². The third-order valence-electron chi connectivity index (χ3n) is 3.89. The molecular formula is C13H22N4O2. The Hall–Kier alpha value is -1.59. The maximum Gasteiger partial charge on any atom is 0.334 e. The molecule has 6 nitrogen and oxygen atoms in total. The molecule has 0 amide bonds. The average Bonchev–Trinajstić information content (AvgIpc) is 2.86. The molecule has 0 unspecified atom stereocenters. The summed E-state index contributed by atoms with van der Waals surface area (Å²) in [4.78, 5) is 11.0. The zero-order chi connectivity index (χ0) is 14.0. The van der Waals surface area contributed by atoms with Crippen molar-refractivity contribution in [3.05, 3.63) is 15.8 Å². The van der Waals surface area contributed by atoms with Gasteiger partial charge < -0.3 is 5.32 Å². The Morgan fingerprint density at radius 2 is 2.11 bits per heavy atom. The molecule has 106 valence electrons. The molecule has 1 aliphatic rings.